The molecular formula is C20H17FIN3O5. The molecule has 0 bridgehead atoms. The minimum atomic E-state index is -0.585. The first-order valence-corrected chi connectivity index (χ1v) is 9.92. The molecule has 3 N–H and O–H groups in total. The fourth-order valence-corrected chi connectivity index (χ4v) is 3.37. The lowest BCUT2D eigenvalue weighted by atomic mass is 10.1. The van der Waals surface area contributed by atoms with Gasteiger partial charge in [-0.3, -0.25) is 14.9 Å². The molecule has 1 saturated heterocycles. The molecule has 0 atom stereocenters. The number of urea groups is 1. The van der Waals surface area contributed by atoms with Crippen LogP contribution in [-0.2, 0) is 9.59 Å². The zero-order valence-electron chi connectivity index (χ0n) is 15.8. The minimum Gasteiger partial charge on any atom is -0.490 e. The van der Waals surface area contributed by atoms with Crippen LogP contribution in [0.4, 0.5) is 14.9 Å². The number of halogens is 2. The van der Waals surface area contributed by atoms with Crippen molar-refractivity contribution in [1.82, 2.24) is 10.6 Å². The lowest BCUT2D eigenvalue weighted by Crippen LogP contribution is -2.22. The highest BCUT2D eigenvalue weighted by molar-refractivity contribution is 14.1. The third-order valence-electron chi connectivity index (χ3n) is 3.84. The first-order chi connectivity index (χ1) is 14.4. The van der Waals surface area contributed by atoms with Crippen molar-refractivity contribution >= 4 is 52.2 Å². The number of carbonyl (C=O) groups is 3. The van der Waals surface area contributed by atoms with E-state index in [0.29, 0.717) is 32.9 Å². The molecule has 30 heavy (non-hydrogen) atoms. The molecule has 10 heteroatoms. The SMILES string of the molecule is CCOc1cc(/C=C2/NC(=O)NC2=O)cc(I)c1OCC(=O)Nc1ccc(F)cc1. The molecule has 0 unspecified atom stereocenters. The smallest absolute Gasteiger partial charge is 0.326 e. The van der Waals surface area contributed by atoms with Gasteiger partial charge in [0.2, 0.25) is 0 Å². The van der Waals surface area contributed by atoms with Gasteiger partial charge in [0.25, 0.3) is 11.8 Å². The van der Waals surface area contributed by atoms with Crippen LogP contribution in [0.2, 0.25) is 0 Å². The number of benzene rings is 2. The van der Waals surface area contributed by atoms with Crippen molar-refractivity contribution in [1.29, 1.82) is 0 Å². The van der Waals surface area contributed by atoms with Gasteiger partial charge in [-0.05, 0) is 77.6 Å². The van der Waals surface area contributed by atoms with Gasteiger partial charge in [-0.1, -0.05) is 0 Å². The third-order valence-corrected chi connectivity index (χ3v) is 4.64. The van der Waals surface area contributed by atoms with Crippen molar-refractivity contribution in [2.75, 3.05) is 18.5 Å². The maximum absolute atomic E-state index is 13.0. The third kappa shape index (κ3) is 5.47. The van der Waals surface area contributed by atoms with E-state index in [9.17, 15) is 18.8 Å². The number of imide groups is 1. The average Bonchev–Trinajstić information content (AvgIpc) is 3.00. The summed E-state index contributed by atoms with van der Waals surface area (Å²) in [5.41, 5.74) is 1.17. The topological polar surface area (TPSA) is 106 Å². The molecule has 1 heterocycles. The number of rotatable bonds is 7. The second-order valence-corrected chi connectivity index (χ2v) is 7.24. The first kappa shape index (κ1) is 21.6. The molecule has 2 aromatic rings. The highest BCUT2D eigenvalue weighted by Gasteiger charge is 2.23. The summed E-state index contributed by atoms with van der Waals surface area (Å²) in [5.74, 6) is -0.587. The molecule has 0 saturated carbocycles. The Balaban J connectivity index is 1.74. The fourth-order valence-electron chi connectivity index (χ4n) is 2.59. The predicted octanol–water partition coefficient (Wildman–Crippen LogP) is 3.03. The van der Waals surface area contributed by atoms with Gasteiger partial charge in [0.1, 0.15) is 11.5 Å². The van der Waals surface area contributed by atoms with E-state index in [1.807, 2.05) is 22.6 Å². The van der Waals surface area contributed by atoms with E-state index in [1.54, 1.807) is 19.1 Å². The van der Waals surface area contributed by atoms with E-state index in [0.717, 1.165) is 0 Å². The van der Waals surface area contributed by atoms with Crippen molar-refractivity contribution in [2.45, 2.75) is 6.92 Å². The Morgan fingerprint density at radius 2 is 1.90 bits per heavy atom. The van der Waals surface area contributed by atoms with Crippen LogP contribution in [0.25, 0.3) is 6.08 Å². The molecule has 0 aromatic heterocycles. The van der Waals surface area contributed by atoms with Crippen LogP contribution >= 0.6 is 22.6 Å². The van der Waals surface area contributed by atoms with Gasteiger partial charge < -0.3 is 20.1 Å². The van der Waals surface area contributed by atoms with E-state index < -0.39 is 23.7 Å². The summed E-state index contributed by atoms with van der Waals surface area (Å²) in [4.78, 5) is 35.1. The summed E-state index contributed by atoms with van der Waals surface area (Å²) in [6.07, 6.45) is 1.51. The molecular weight excluding hydrogens is 508 g/mol. The van der Waals surface area contributed by atoms with Gasteiger partial charge >= 0.3 is 6.03 Å². The minimum absolute atomic E-state index is 0.116. The highest BCUT2D eigenvalue weighted by Crippen LogP contribution is 2.35. The number of amides is 4. The largest absolute Gasteiger partial charge is 0.490 e. The van der Waals surface area contributed by atoms with Crippen LogP contribution in [0.1, 0.15) is 12.5 Å². The molecule has 4 amide bonds. The summed E-state index contributed by atoms with van der Waals surface area (Å²) in [6.45, 7) is 1.87. The van der Waals surface area contributed by atoms with Crippen LogP contribution in [0.3, 0.4) is 0 Å². The molecule has 0 aliphatic carbocycles. The predicted molar refractivity (Wildman–Crippen MR) is 116 cm³/mol. The number of hydrogen-bond acceptors (Lipinski definition) is 5. The Kier molecular flexibility index (Phi) is 6.87. The zero-order valence-corrected chi connectivity index (χ0v) is 17.9. The molecule has 0 spiro atoms. The van der Waals surface area contributed by atoms with Crippen LogP contribution < -0.4 is 25.4 Å². The van der Waals surface area contributed by atoms with E-state index >= 15 is 0 Å². The van der Waals surface area contributed by atoms with E-state index in [-0.39, 0.29) is 12.3 Å². The Hall–Kier alpha value is -3.15. The van der Waals surface area contributed by atoms with Gasteiger partial charge in [-0.15, -0.1) is 0 Å². The second kappa shape index (κ2) is 9.57. The van der Waals surface area contributed by atoms with Crippen LogP contribution in [-0.4, -0.2) is 31.1 Å². The summed E-state index contributed by atoms with van der Waals surface area (Å²) < 4.78 is 24.9. The Bertz CT molecular complexity index is 1020. The molecule has 156 valence electrons. The summed E-state index contributed by atoms with van der Waals surface area (Å²) in [5, 5.41) is 7.15. The van der Waals surface area contributed by atoms with Crippen LogP contribution in [0, 0.1) is 9.39 Å². The summed E-state index contributed by atoms with van der Waals surface area (Å²) >= 11 is 2.03. The van der Waals surface area contributed by atoms with Crippen LogP contribution in [0.5, 0.6) is 11.5 Å². The normalized spacial score (nSPS) is 14.3. The number of nitrogens with one attached hydrogen (secondary N) is 3. The lowest BCUT2D eigenvalue weighted by molar-refractivity contribution is -0.118. The number of ether oxygens (including phenoxy) is 2. The molecule has 0 radical (unpaired) electrons. The maximum Gasteiger partial charge on any atom is 0.326 e. The zero-order chi connectivity index (χ0) is 21.7. The number of carbonyl (C=O) groups excluding carboxylic acids is 3. The molecule has 2 aromatic carbocycles. The van der Waals surface area contributed by atoms with E-state index in [4.69, 9.17) is 9.47 Å². The summed E-state index contributed by atoms with van der Waals surface area (Å²) in [7, 11) is 0. The Morgan fingerprint density at radius 1 is 1.17 bits per heavy atom. The van der Waals surface area contributed by atoms with Crippen molar-refractivity contribution in [2.24, 2.45) is 0 Å². The number of hydrogen-bond donors (Lipinski definition) is 3. The van der Waals surface area contributed by atoms with Crippen molar-refractivity contribution in [3.05, 3.63) is 57.0 Å². The number of anilines is 1. The lowest BCUT2D eigenvalue weighted by Gasteiger charge is -2.15. The second-order valence-electron chi connectivity index (χ2n) is 6.07. The summed E-state index contributed by atoms with van der Waals surface area (Å²) in [6, 6.07) is 8.16. The van der Waals surface area contributed by atoms with Gasteiger partial charge in [0.05, 0.1) is 10.2 Å². The van der Waals surface area contributed by atoms with E-state index in [2.05, 4.69) is 16.0 Å². The Labute approximate surface area is 185 Å². The maximum atomic E-state index is 13.0. The van der Waals surface area contributed by atoms with Crippen molar-refractivity contribution in [3.63, 3.8) is 0 Å². The average molecular weight is 525 g/mol. The molecule has 8 nitrogen and oxygen atoms in total. The molecule has 3 rings (SSSR count). The molecule has 1 aliphatic rings. The quantitative estimate of drug-likeness (QED) is 0.293. The van der Waals surface area contributed by atoms with Crippen molar-refractivity contribution in [3.8, 4) is 11.5 Å². The first-order valence-electron chi connectivity index (χ1n) is 8.84. The van der Waals surface area contributed by atoms with Crippen molar-refractivity contribution < 1.29 is 28.2 Å². The Morgan fingerprint density at radius 3 is 2.53 bits per heavy atom. The standard InChI is InChI=1S/C20H17FIN3O5/c1-2-29-16-9-11(8-15-19(27)25-20(28)24-15)7-14(22)18(16)30-10-17(26)23-13-5-3-12(21)4-6-13/h3-9H,2,10H2,1H3,(H,23,26)(H2,24,25,27,28)/b15-8+. The van der Waals surface area contributed by atoms with Gasteiger partial charge in [-0.2, -0.15) is 0 Å². The molecule has 1 fully saturated rings. The highest BCUT2D eigenvalue weighted by atomic mass is 127. The van der Waals surface area contributed by atoms with Crippen LogP contribution in [0.15, 0.2) is 42.1 Å². The molecule has 1 aliphatic heterocycles. The fraction of sp³-hybridized carbons (Fsp3) is 0.150. The monoisotopic (exact) mass is 525 g/mol. The van der Waals surface area contributed by atoms with Gasteiger partial charge in [0.15, 0.2) is 18.1 Å². The van der Waals surface area contributed by atoms with Gasteiger partial charge in [-0.25, -0.2) is 9.18 Å². The van der Waals surface area contributed by atoms with Gasteiger partial charge in [0, 0.05) is 5.69 Å². The van der Waals surface area contributed by atoms with E-state index in [1.165, 1.54) is 30.3 Å².